The summed E-state index contributed by atoms with van der Waals surface area (Å²) in [4.78, 5) is 1.20. The van der Waals surface area contributed by atoms with Gasteiger partial charge in [0.05, 0.1) is 0 Å². The van der Waals surface area contributed by atoms with Gasteiger partial charge in [0.1, 0.15) is 0 Å². The standard InChI is InChI=1S/C11H17N/c1-3-12(4-2)10-11-8-6-5-7-9-11/h5-9H,3-4,10H2,1-2H3/i3D2,4D2. The van der Waals surface area contributed by atoms with Crippen LogP contribution in [0.5, 0.6) is 0 Å². The second-order valence-electron chi connectivity index (χ2n) is 2.52. The minimum Gasteiger partial charge on any atom is -0.300 e. The van der Waals surface area contributed by atoms with Gasteiger partial charge in [0.15, 0.2) is 0 Å². The van der Waals surface area contributed by atoms with Crippen LogP contribution < -0.4 is 0 Å². The van der Waals surface area contributed by atoms with Crippen molar-refractivity contribution < 1.29 is 5.48 Å². The molecule has 0 radical (unpaired) electrons. The molecule has 0 atom stereocenters. The second-order valence-corrected chi connectivity index (χ2v) is 2.52. The van der Waals surface area contributed by atoms with Crippen LogP contribution in [0.2, 0.25) is 0 Å². The van der Waals surface area contributed by atoms with Gasteiger partial charge in [0.25, 0.3) is 0 Å². The Labute approximate surface area is 80.6 Å². The van der Waals surface area contributed by atoms with Crippen LogP contribution in [-0.2, 0) is 6.54 Å². The zero-order valence-corrected chi connectivity index (χ0v) is 7.54. The quantitative estimate of drug-likeness (QED) is 0.666. The molecule has 0 amide bonds. The van der Waals surface area contributed by atoms with Crippen molar-refractivity contribution >= 4 is 0 Å². The first-order chi connectivity index (χ1) is 7.21. The van der Waals surface area contributed by atoms with Gasteiger partial charge in [-0.1, -0.05) is 44.2 Å². The summed E-state index contributed by atoms with van der Waals surface area (Å²) in [6.07, 6.45) is 0. The molecular weight excluding hydrogens is 146 g/mol. The van der Waals surface area contributed by atoms with Gasteiger partial charge in [-0.25, -0.2) is 0 Å². The van der Waals surface area contributed by atoms with Crippen molar-refractivity contribution in [2.45, 2.75) is 20.4 Å². The maximum Gasteiger partial charge on any atom is 0.0428 e. The van der Waals surface area contributed by atoms with Crippen molar-refractivity contribution in [3.8, 4) is 0 Å². The van der Waals surface area contributed by atoms with Gasteiger partial charge in [-0.3, -0.25) is 4.90 Å². The number of rotatable bonds is 4. The third-order valence-electron chi connectivity index (χ3n) is 1.72. The average Bonchev–Trinajstić information content (AvgIpc) is 2.12. The van der Waals surface area contributed by atoms with E-state index < -0.39 is 13.0 Å². The highest BCUT2D eigenvalue weighted by Crippen LogP contribution is 2.02. The van der Waals surface area contributed by atoms with E-state index in [-0.39, 0.29) is 6.54 Å². The molecule has 0 aliphatic heterocycles. The van der Waals surface area contributed by atoms with Gasteiger partial charge in [-0.2, -0.15) is 0 Å². The first kappa shape index (κ1) is 5.03. The van der Waals surface area contributed by atoms with E-state index >= 15 is 0 Å². The van der Waals surface area contributed by atoms with Crippen molar-refractivity contribution in [3.63, 3.8) is 0 Å². The summed E-state index contributed by atoms with van der Waals surface area (Å²) in [7, 11) is 0. The van der Waals surface area contributed by atoms with Gasteiger partial charge in [0.2, 0.25) is 0 Å². The Balaban J connectivity index is 2.89. The molecule has 0 heterocycles. The van der Waals surface area contributed by atoms with E-state index in [2.05, 4.69) is 0 Å². The first-order valence-electron chi connectivity index (χ1n) is 6.03. The van der Waals surface area contributed by atoms with Gasteiger partial charge < -0.3 is 0 Å². The second kappa shape index (κ2) is 4.94. The van der Waals surface area contributed by atoms with Gasteiger partial charge in [0, 0.05) is 12.0 Å². The molecule has 0 saturated carbocycles. The Morgan fingerprint density at radius 3 is 2.25 bits per heavy atom. The van der Waals surface area contributed by atoms with Crippen LogP contribution in [0.25, 0.3) is 0 Å². The van der Waals surface area contributed by atoms with Crippen LogP contribution in [0, 0.1) is 0 Å². The molecule has 66 valence electrons. The third kappa shape index (κ3) is 2.67. The van der Waals surface area contributed by atoms with E-state index in [0.29, 0.717) is 0 Å². The van der Waals surface area contributed by atoms with Crippen molar-refractivity contribution in [2.24, 2.45) is 0 Å². The normalized spacial score (nSPS) is 17.9. The van der Waals surface area contributed by atoms with Crippen molar-refractivity contribution in [1.82, 2.24) is 4.90 Å². The molecule has 0 aliphatic rings. The molecule has 1 aromatic rings. The zero-order chi connectivity index (χ0) is 12.4. The summed E-state index contributed by atoms with van der Waals surface area (Å²) in [5.74, 6) is 0. The molecule has 1 heteroatoms. The fraction of sp³-hybridized carbons (Fsp3) is 0.455. The summed E-state index contributed by atoms with van der Waals surface area (Å²) in [5.41, 5.74) is 0.902. The van der Waals surface area contributed by atoms with Crippen LogP contribution in [0.15, 0.2) is 30.3 Å². The number of benzene rings is 1. The van der Waals surface area contributed by atoms with Crippen LogP contribution in [0.1, 0.15) is 24.9 Å². The highest BCUT2D eigenvalue weighted by atomic mass is 15.1. The molecule has 0 fully saturated rings. The topological polar surface area (TPSA) is 3.24 Å². The van der Waals surface area contributed by atoms with Gasteiger partial charge in [-0.05, 0) is 18.6 Å². The van der Waals surface area contributed by atoms with Crippen LogP contribution in [-0.4, -0.2) is 17.9 Å². The van der Waals surface area contributed by atoms with E-state index in [9.17, 15) is 0 Å². The number of nitrogens with zero attached hydrogens (tertiary/aromatic N) is 1. The highest BCUT2D eigenvalue weighted by molar-refractivity contribution is 5.14. The summed E-state index contributed by atoms with van der Waals surface area (Å²) >= 11 is 0. The summed E-state index contributed by atoms with van der Waals surface area (Å²) in [6.45, 7) is -0.370. The maximum absolute atomic E-state index is 7.65. The lowest BCUT2D eigenvalue weighted by Gasteiger charge is -2.17. The number of hydrogen-bond donors (Lipinski definition) is 0. The molecule has 0 saturated heterocycles. The first-order valence-corrected chi connectivity index (χ1v) is 4.03. The summed E-state index contributed by atoms with van der Waals surface area (Å²) < 4.78 is 30.6. The Kier molecular flexibility index (Phi) is 2.07. The molecule has 12 heavy (non-hydrogen) atoms. The Morgan fingerprint density at radius 1 is 1.17 bits per heavy atom. The van der Waals surface area contributed by atoms with E-state index in [1.54, 1.807) is 0 Å². The molecule has 0 aromatic heterocycles. The summed E-state index contributed by atoms with van der Waals surface area (Å²) in [5, 5.41) is 0. The molecule has 1 nitrogen and oxygen atoms in total. The lowest BCUT2D eigenvalue weighted by Crippen LogP contribution is -2.21. The monoisotopic (exact) mass is 167 g/mol. The van der Waals surface area contributed by atoms with Crippen molar-refractivity contribution in [1.29, 1.82) is 0 Å². The van der Waals surface area contributed by atoms with Crippen molar-refractivity contribution in [2.75, 3.05) is 13.0 Å². The Morgan fingerprint density at radius 2 is 1.75 bits per heavy atom. The minimum absolute atomic E-state index is 0.258. The Bertz CT molecular complexity index is 312. The lowest BCUT2D eigenvalue weighted by atomic mass is 10.2. The van der Waals surface area contributed by atoms with E-state index in [0.717, 1.165) is 5.56 Å². The molecule has 0 N–H and O–H groups in total. The molecule has 0 unspecified atom stereocenters. The van der Waals surface area contributed by atoms with Crippen LogP contribution >= 0.6 is 0 Å². The van der Waals surface area contributed by atoms with E-state index in [4.69, 9.17) is 5.48 Å². The smallest absolute Gasteiger partial charge is 0.0428 e. The molecule has 0 bridgehead atoms. The van der Waals surface area contributed by atoms with Crippen molar-refractivity contribution in [3.05, 3.63) is 35.9 Å². The molecule has 0 aliphatic carbocycles. The highest BCUT2D eigenvalue weighted by Gasteiger charge is 1.98. The van der Waals surface area contributed by atoms with E-state index in [1.807, 2.05) is 30.3 Å². The van der Waals surface area contributed by atoms with Crippen LogP contribution in [0.3, 0.4) is 0 Å². The SMILES string of the molecule is [2H]C([2H])(C)N(Cc1ccccc1)C([2H])([2H])C. The maximum atomic E-state index is 7.65. The molecule has 1 rings (SSSR count). The predicted molar refractivity (Wildman–Crippen MR) is 53.1 cm³/mol. The lowest BCUT2D eigenvalue weighted by molar-refractivity contribution is 0.296. The van der Waals surface area contributed by atoms with Crippen LogP contribution in [0.4, 0.5) is 0 Å². The predicted octanol–water partition coefficient (Wildman–Crippen LogP) is 2.53. The zero-order valence-electron chi connectivity index (χ0n) is 11.5. The third-order valence-corrected chi connectivity index (χ3v) is 1.72. The molecular formula is C11H17N. The fourth-order valence-corrected chi connectivity index (χ4v) is 1.04. The average molecular weight is 167 g/mol. The molecule has 1 aromatic carbocycles. The minimum atomic E-state index is -1.69. The fourth-order valence-electron chi connectivity index (χ4n) is 1.04. The molecule has 0 spiro atoms. The summed E-state index contributed by atoms with van der Waals surface area (Å²) in [6, 6.07) is 9.35. The largest absolute Gasteiger partial charge is 0.300 e. The van der Waals surface area contributed by atoms with E-state index in [1.165, 1.54) is 18.7 Å². The van der Waals surface area contributed by atoms with Gasteiger partial charge in [-0.15, -0.1) is 0 Å². The van der Waals surface area contributed by atoms with Gasteiger partial charge >= 0.3 is 0 Å². The Hall–Kier alpha value is -0.820. The number of hydrogen-bond acceptors (Lipinski definition) is 1.